The number of rotatable bonds is 5. The lowest BCUT2D eigenvalue weighted by Gasteiger charge is -2.38. The molecular formula is C40H52N4O13S. The minimum atomic E-state index is -2.06. The summed E-state index contributed by atoms with van der Waals surface area (Å²) in [5.41, 5.74) is 9.69. The number of ether oxygens (including phenoxy) is 5. The summed E-state index contributed by atoms with van der Waals surface area (Å²) in [6, 6.07) is 1.18. The predicted molar refractivity (Wildman–Crippen MR) is 216 cm³/mol. The Balaban J connectivity index is 1.92. The van der Waals surface area contributed by atoms with Crippen molar-refractivity contribution in [2.75, 3.05) is 19.0 Å². The molecule has 2 aromatic rings. The molecule has 17 nitrogen and oxygen atoms in total. The first kappa shape index (κ1) is 45.3. The lowest BCUT2D eigenvalue weighted by molar-refractivity contribution is -0.160. The Morgan fingerprint density at radius 1 is 1.00 bits per heavy atom. The minimum Gasteiger partial charge on any atom is -0.507 e. The molecule has 9 N–H and O–H groups in total. The van der Waals surface area contributed by atoms with Crippen LogP contribution in [0, 0.1) is 30.6 Å². The second-order valence-corrected chi connectivity index (χ2v) is 15.2. The summed E-state index contributed by atoms with van der Waals surface area (Å²) in [6.45, 7) is 11.7. The highest BCUT2D eigenvalue weighted by Gasteiger charge is 2.49. The van der Waals surface area contributed by atoms with Gasteiger partial charge in [0.2, 0.25) is 0 Å². The molecule has 58 heavy (non-hydrogen) atoms. The molecular weight excluding hydrogens is 777 g/mol. The van der Waals surface area contributed by atoms with Crippen molar-refractivity contribution < 1.29 is 63.3 Å². The van der Waals surface area contributed by atoms with Crippen LogP contribution in [0.15, 0.2) is 42.2 Å². The van der Waals surface area contributed by atoms with Crippen LogP contribution in [0.1, 0.15) is 64.4 Å². The molecule has 3 aliphatic rings. The number of anilines is 1. The molecule has 0 unspecified atom stereocenters. The van der Waals surface area contributed by atoms with Crippen molar-refractivity contribution in [3.05, 3.63) is 53.3 Å². The van der Waals surface area contributed by atoms with Crippen molar-refractivity contribution in [2.24, 2.45) is 29.4 Å². The number of allylic oxidation sites excluding steroid dienone is 2. The van der Waals surface area contributed by atoms with E-state index in [0.29, 0.717) is 0 Å². The van der Waals surface area contributed by atoms with Crippen LogP contribution >= 0.6 is 12.2 Å². The fourth-order valence-corrected chi connectivity index (χ4v) is 7.11. The van der Waals surface area contributed by atoms with Crippen molar-refractivity contribution in [3.63, 3.8) is 0 Å². The number of carbonyl (C=O) groups excluding carboxylic acids is 4. The number of aliphatic hydroxyl groups is 2. The number of phenolic OH excluding ortho intramolecular Hbond substituents is 2. The van der Waals surface area contributed by atoms with E-state index in [1.807, 2.05) is 0 Å². The van der Waals surface area contributed by atoms with Gasteiger partial charge in [0.1, 0.15) is 23.4 Å². The maximum absolute atomic E-state index is 14.4. The van der Waals surface area contributed by atoms with Crippen molar-refractivity contribution in [1.82, 2.24) is 10.9 Å². The normalized spacial score (nSPS) is 29.9. The molecule has 2 amide bonds. The van der Waals surface area contributed by atoms with Gasteiger partial charge in [-0.25, -0.2) is 0 Å². The Morgan fingerprint density at radius 3 is 2.29 bits per heavy atom. The molecule has 3 aliphatic heterocycles. The highest BCUT2D eigenvalue weighted by Crippen LogP contribution is 2.54. The van der Waals surface area contributed by atoms with Gasteiger partial charge < -0.3 is 55.2 Å². The number of benzene rings is 2. The van der Waals surface area contributed by atoms with Crippen LogP contribution in [-0.4, -0.2) is 93.0 Å². The Morgan fingerprint density at radius 2 is 1.67 bits per heavy atom. The molecule has 2 aromatic carbocycles. The number of aromatic hydroxyl groups is 2. The summed E-state index contributed by atoms with van der Waals surface area (Å²) in [4.78, 5) is 52.8. The van der Waals surface area contributed by atoms with Crippen LogP contribution in [-0.2, 0) is 28.6 Å². The highest BCUT2D eigenvalue weighted by atomic mass is 32.1. The molecule has 5 bridgehead atoms. The molecule has 0 radical (unpaired) electrons. The van der Waals surface area contributed by atoms with E-state index in [1.165, 1.54) is 59.3 Å². The summed E-state index contributed by atoms with van der Waals surface area (Å²) in [7, 11) is 1.42. The molecule has 3 heterocycles. The number of methoxy groups -OCH3 is 1. The van der Waals surface area contributed by atoms with Gasteiger partial charge in [-0.15, -0.1) is 0 Å². The molecule has 0 fully saturated rings. The topological polar surface area (TPSA) is 257 Å². The van der Waals surface area contributed by atoms with E-state index >= 15 is 0 Å². The van der Waals surface area contributed by atoms with Crippen molar-refractivity contribution in [1.29, 1.82) is 0 Å². The zero-order chi connectivity index (χ0) is 43.4. The van der Waals surface area contributed by atoms with Gasteiger partial charge in [0.05, 0.1) is 41.2 Å². The molecule has 0 aromatic heterocycles. The summed E-state index contributed by atoms with van der Waals surface area (Å²) < 4.78 is 29.3. The third kappa shape index (κ3) is 9.47. The number of ketones is 1. The van der Waals surface area contributed by atoms with Crippen LogP contribution in [0.5, 0.6) is 23.0 Å². The number of carbonyl (C=O) groups is 4. The molecule has 18 heteroatoms. The number of hydrogen-bond acceptors (Lipinski definition) is 14. The highest BCUT2D eigenvalue weighted by molar-refractivity contribution is 7.80. The van der Waals surface area contributed by atoms with Gasteiger partial charge in [0, 0.05) is 67.2 Å². The number of phenols is 2. The monoisotopic (exact) mass is 828 g/mol. The summed E-state index contributed by atoms with van der Waals surface area (Å²) in [5, 5.41) is 47.8. The quantitative estimate of drug-likeness (QED) is 0.0931. The second-order valence-electron chi connectivity index (χ2n) is 14.7. The number of fused-ring (bicyclic) bond motifs is 14. The fraction of sp³-hybridized carbons (Fsp3) is 0.475. The lowest BCUT2D eigenvalue weighted by atomic mass is 9.78. The van der Waals surface area contributed by atoms with Gasteiger partial charge in [-0.05, 0) is 32.1 Å². The predicted octanol–water partition coefficient (Wildman–Crippen LogP) is 3.29. The van der Waals surface area contributed by atoms with E-state index in [1.54, 1.807) is 39.8 Å². The molecule has 0 saturated heterocycles. The summed E-state index contributed by atoms with van der Waals surface area (Å²) >= 11 is 4.72. The standard InChI is InChI=1S/C40H52N4O13S/c1-17-11-10-12-18(2)38(52)42-24-15-26(54-16-27(46)43-44-39(41)58)28-29(34(24)50)33(49)22(6)36-30(28)37(51)40(8,57-36)55-14-13-25(53-9)19(3)35(56-23(7)45)21(5)32(48)20(4)31(17)47/h10-15,17,19-21,25,31-32,35,47-50H,16H2,1-9H3,(H,42,52)(H,43,46)(H3,41,44,58)/b11-10+,14-13+,18-12-/t17-,19-,20-,21-,25+,31-,32+,35-,40+/m1/s1. The molecule has 5 rings (SSSR count). The zero-order valence-electron chi connectivity index (χ0n) is 33.7. The minimum absolute atomic E-state index is 0.0349. The smallest absolute Gasteiger partial charge is 0.312 e. The number of hydrazine groups is 1. The molecule has 0 saturated carbocycles. The number of nitrogens with one attached hydrogen (secondary N) is 3. The number of amides is 2. The second kappa shape index (κ2) is 18.4. The third-order valence-corrected chi connectivity index (χ3v) is 10.6. The van der Waals surface area contributed by atoms with Crippen molar-refractivity contribution in [3.8, 4) is 23.0 Å². The molecule has 0 aliphatic carbocycles. The van der Waals surface area contributed by atoms with E-state index in [9.17, 15) is 39.6 Å². The van der Waals surface area contributed by atoms with E-state index < -0.39 is 95.5 Å². The van der Waals surface area contributed by atoms with Gasteiger partial charge in [0.25, 0.3) is 17.6 Å². The van der Waals surface area contributed by atoms with Gasteiger partial charge >= 0.3 is 11.8 Å². The van der Waals surface area contributed by atoms with E-state index in [0.717, 1.165) is 0 Å². The maximum Gasteiger partial charge on any atom is 0.312 e. The van der Waals surface area contributed by atoms with Crippen molar-refractivity contribution >= 4 is 57.4 Å². The number of esters is 1. The zero-order valence-corrected chi connectivity index (χ0v) is 34.6. The maximum atomic E-state index is 14.4. The van der Waals surface area contributed by atoms with E-state index in [-0.39, 0.29) is 49.8 Å². The Kier molecular flexibility index (Phi) is 14.4. The first-order chi connectivity index (χ1) is 27.1. The summed E-state index contributed by atoms with van der Waals surface area (Å²) in [6.07, 6.45) is 3.38. The molecule has 0 spiro atoms. The first-order valence-corrected chi connectivity index (χ1v) is 18.9. The largest absolute Gasteiger partial charge is 0.507 e. The van der Waals surface area contributed by atoms with Crippen LogP contribution in [0.25, 0.3) is 10.8 Å². The van der Waals surface area contributed by atoms with Gasteiger partial charge in [-0.2, -0.15) is 0 Å². The van der Waals surface area contributed by atoms with Crippen molar-refractivity contribution in [2.45, 2.75) is 85.6 Å². The number of Topliss-reactive ketones (excluding diaryl/α,β-unsaturated/α-hetero) is 1. The average Bonchev–Trinajstić information content (AvgIpc) is 3.44. The average molecular weight is 829 g/mol. The van der Waals surface area contributed by atoms with Gasteiger partial charge in [-0.1, -0.05) is 45.9 Å². The van der Waals surface area contributed by atoms with E-state index in [2.05, 4.69) is 16.2 Å². The summed E-state index contributed by atoms with van der Waals surface area (Å²) in [5.74, 6) is -8.88. The fourth-order valence-electron chi connectivity index (χ4n) is 7.06. The SMILES string of the molecule is CO[C@H]1/C=C/O[C@@]2(C)Oc3c(C)c(O)c4c(O)c(cc(OCC(=O)NNC(N)=S)c4c3C2=O)NC(=O)/C(C)=C\C=C\[C@@H](C)[C@@H](O)[C@@H](C)[C@H](O)[C@@H](C)[C@H](OC(C)=O)[C@@H]1C. The molecule has 9 atom stereocenters. The number of aliphatic hydroxyl groups excluding tert-OH is 2. The number of thiocarbonyl (C=S) groups is 1. The first-order valence-electron chi connectivity index (χ1n) is 18.5. The Hall–Kier alpha value is -5.43. The van der Waals surface area contributed by atoms with Gasteiger partial charge in [-0.3, -0.25) is 30.0 Å². The molecule has 316 valence electrons. The van der Waals surface area contributed by atoms with Gasteiger partial charge in [0.15, 0.2) is 17.5 Å². The van der Waals surface area contributed by atoms with Crippen LogP contribution in [0.3, 0.4) is 0 Å². The Bertz CT molecular complexity index is 2050. The third-order valence-electron chi connectivity index (χ3n) is 10.5. The number of nitrogens with two attached hydrogens (primary N) is 1. The lowest BCUT2D eigenvalue weighted by Crippen LogP contribution is -2.46. The number of hydrogen-bond donors (Lipinski definition) is 8. The Labute approximate surface area is 341 Å². The van der Waals surface area contributed by atoms with Crippen LogP contribution in [0.2, 0.25) is 0 Å². The van der Waals surface area contributed by atoms with Crippen LogP contribution < -0.4 is 31.4 Å². The van der Waals surface area contributed by atoms with Crippen LogP contribution in [0.4, 0.5) is 5.69 Å². The van der Waals surface area contributed by atoms with E-state index in [4.69, 9.17) is 41.6 Å².